The zero-order valence-corrected chi connectivity index (χ0v) is 22.0. The van der Waals surface area contributed by atoms with Gasteiger partial charge in [0.1, 0.15) is 0 Å². The van der Waals surface area contributed by atoms with Gasteiger partial charge in [0, 0.05) is 34.3 Å². The van der Waals surface area contributed by atoms with Gasteiger partial charge < -0.3 is 14.2 Å². The second-order valence-corrected chi connectivity index (χ2v) is 9.83. The van der Waals surface area contributed by atoms with Crippen LogP contribution in [-0.4, -0.2) is 35.0 Å². The fourth-order valence-corrected chi connectivity index (χ4v) is 5.27. The van der Waals surface area contributed by atoms with Crippen molar-refractivity contribution in [1.29, 1.82) is 0 Å². The summed E-state index contributed by atoms with van der Waals surface area (Å²) in [6.45, 7) is 8.40. The minimum atomic E-state index is -0.486. The van der Waals surface area contributed by atoms with E-state index < -0.39 is 5.97 Å². The number of ether oxygens (including phenoxy) is 1. The van der Waals surface area contributed by atoms with Gasteiger partial charge in [-0.25, -0.2) is 4.79 Å². The van der Waals surface area contributed by atoms with Gasteiger partial charge in [-0.15, -0.1) is 0 Å². The zero-order valence-electron chi connectivity index (χ0n) is 21.2. The molecule has 2 aliphatic rings. The number of amides is 1. The van der Waals surface area contributed by atoms with Crippen LogP contribution in [-0.2, 0) is 14.3 Å². The highest BCUT2D eigenvalue weighted by atomic mass is 35.5. The van der Waals surface area contributed by atoms with E-state index in [1.807, 2.05) is 58.0 Å². The maximum atomic E-state index is 13.5. The summed E-state index contributed by atoms with van der Waals surface area (Å²) in [5.41, 5.74) is 7.62. The molecule has 5 nitrogen and oxygen atoms in total. The molecule has 1 aliphatic heterocycles. The third-order valence-corrected chi connectivity index (χ3v) is 7.53. The fourth-order valence-electron chi connectivity index (χ4n) is 5.09. The number of rotatable bonds is 6. The van der Waals surface area contributed by atoms with E-state index in [1.54, 1.807) is 4.90 Å². The maximum Gasteiger partial charge on any atom is 0.340 e. The minimum absolute atomic E-state index is 0.150. The molecule has 1 amide bonds. The molecule has 0 atom stereocenters. The van der Waals surface area contributed by atoms with Crippen LogP contribution in [0.3, 0.4) is 0 Å². The third-order valence-electron chi connectivity index (χ3n) is 7.13. The predicted molar refractivity (Wildman–Crippen MR) is 141 cm³/mol. The Labute approximate surface area is 212 Å². The number of hydrogen-bond donors (Lipinski definition) is 0. The first-order chi connectivity index (χ1) is 16.7. The van der Waals surface area contributed by atoms with E-state index in [4.69, 9.17) is 16.3 Å². The first-order valence-corrected chi connectivity index (χ1v) is 12.6. The molecule has 6 heteroatoms. The molecule has 35 heavy (non-hydrogen) atoms. The van der Waals surface area contributed by atoms with E-state index in [2.05, 4.69) is 10.6 Å². The number of aromatic nitrogens is 1. The van der Waals surface area contributed by atoms with Gasteiger partial charge in [0.25, 0.3) is 5.91 Å². The van der Waals surface area contributed by atoms with E-state index in [0.717, 1.165) is 47.5 Å². The largest absolute Gasteiger partial charge is 0.465 e. The maximum absolute atomic E-state index is 13.5. The van der Waals surface area contributed by atoms with Crippen molar-refractivity contribution >= 4 is 29.6 Å². The Morgan fingerprint density at radius 2 is 1.91 bits per heavy atom. The van der Waals surface area contributed by atoms with Crippen LogP contribution in [0.5, 0.6) is 0 Å². The monoisotopic (exact) mass is 492 g/mol. The topological polar surface area (TPSA) is 51.5 Å². The van der Waals surface area contributed by atoms with Gasteiger partial charge in [-0.2, -0.15) is 0 Å². The first-order valence-electron chi connectivity index (χ1n) is 12.2. The van der Waals surface area contributed by atoms with Crippen LogP contribution in [0.25, 0.3) is 11.8 Å². The Morgan fingerprint density at radius 3 is 2.57 bits per heavy atom. The summed E-state index contributed by atoms with van der Waals surface area (Å²) >= 11 is 6.38. The van der Waals surface area contributed by atoms with Crippen molar-refractivity contribution in [2.45, 2.75) is 59.8 Å². The normalized spacial score (nSPS) is 17.4. The summed E-state index contributed by atoms with van der Waals surface area (Å²) in [6, 6.07) is 8.00. The lowest BCUT2D eigenvalue weighted by Crippen LogP contribution is -2.26. The van der Waals surface area contributed by atoms with Gasteiger partial charge in [0.2, 0.25) is 0 Å². The van der Waals surface area contributed by atoms with Gasteiger partial charge in [0.15, 0.2) is 0 Å². The first kappa shape index (κ1) is 25.1. The second-order valence-electron chi connectivity index (χ2n) is 9.42. The molecule has 1 aromatic heterocycles. The lowest BCUT2D eigenvalue weighted by molar-refractivity contribution is -0.136. The van der Waals surface area contributed by atoms with Crippen molar-refractivity contribution in [1.82, 2.24) is 9.47 Å². The van der Waals surface area contributed by atoms with Crippen LogP contribution in [0, 0.1) is 20.8 Å². The molecule has 0 unspecified atom stereocenters. The van der Waals surface area contributed by atoms with Crippen LogP contribution in [0.1, 0.15) is 61.5 Å². The number of carbonyl (C=O) groups excluding carboxylic acids is 2. The molecule has 0 spiro atoms. The number of allylic oxidation sites excluding steroid dienone is 2. The molecule has 0 saturated heterocycles. The van der Waals surface area contributed by atoms with E-state index in [1.165, 1.54) is 25.5 Å². The second kappa shape index (κ2) is 10.3. The van der Waals surface area contributed by atoms with Crippen molar-refractivity contribution < 1.29 is 14.3 Å². The number of esters is 1. The van der Waals surface area contributed by atoms with Crippen molar-refractivity contribution in [2.24, 2.45) is 0 Å². The highest BCUT2D eigenvalue weighted by Crippen LogP contribution is 2.34. The number of carbonyl (C=O) groups is 2. The highest BCUT2D eigenvalue weighted by molar-refractivity contribution is 6.31. The molecule has 0 radical (unpaired) electrons. The van der Waals surface area contributed by atoms with Crippen LogP contribution >= 0.6 is 11.6 Å². The summed E-state index contributed by atoms with van der Waals surface area (Å²) in [6.07, 6.45) is 9.59. The Bertz CT molecular complexity index is 1280. The van der Waals surface area contributed by atoms with Crippen LogP contribution in [0.15, 0.2) is 52.8 Å². The molecular weight excluding hydrogens is 460 g/mol. The average molecular weight is 493 g/mol. The molecular formula is C29H33ClN2O3. The fraction of sp³-hybridized carbons (Fsp3) is 0.379. The molecule has 184 valence electrons. The molecule has 0 fully saturated rings. The van der Waals surface area contributed by atoms with Crippen molar-refractivity contribution in [3.63, 3.8) is 0 Å². The van der Waals surface area contributed by atoms with Crippen LogP contribution in [0.2, 0.25) is 5.02 Å². The van der Waals surface area contributed by atoms with E-state index in [9.17, 15) is 9.59 Å². The van der Waals surface area contributed by atoms with Crippen molar-refractivity contribution in [2.75, 3.05) is 13.7 Å². The Kier molecular flexibility index (Phi) is 7.36. The Balaban J connectivity index is 1.71. The van der Waals surface area contributed by atoms with Gasteiger partial charge in [-0.3, -0.25) is 4.79 Å². The number of benzene rings is 1. The average Bonchev–Trinajstić information content (AvgIpc) is 3.25. The standard InChI is InChI=1S/C29H33ClN2O3/c1-18-11-12-24(17-26(18)30)32-19(2)15-23(20(32)3)16-25-27(29(34)35-5)21(4)31(28(25)33)14-13-22-9-7-6-8-10-22/h9,11-12,15-17H,6-8,10,13-14H2,1-5H3/b25-16-. The van der Waals surface area contributed by atoms with E-state index in [0.29, 0.717) is 28.4 Å². The SMILES string of the molecule is COC(=O)C1=C(C)N(CCC2=CCCCC2)C(=O)/C1=C\c1cc(C)n(-c2ccc(C)c(Cl)c2)c1C. The highest BCUT2D eigenvalue weighted by Gasteiger charge is 2.37. The van der Waals surface area contributed by atoms with Gasteiger partial charge in [0.05, 0.1) is 18.3 Å². The molecule has 1 aromatic carbocycles. The molecule has 0 N–H and O–H groups in total. The molecule has 4 rings (SSSR count). The molecule has 2 heterocycles. The quantitative estimate of drug-likeness (QED) is 0.258. The minimum Gasteiger partial charge on any atom is -0.465 e. The summed E-state index contributed by atoms with van der Waals surface area (Å²) in [5, 5.41) is 0.705. The number of methoxy groups -OCH3 is 1. The lowest BCUT2D eigenvalue weighted by atomic mass is 9.97. The number of hydrogen-bond acceptors (Lipinski definition) is 3. The van der Waals surface area contributed by atoms with Crippen LogP contribution in [0.4, 0.5) is 0 Å². The van der Waals surface area contributed by atoms with Gasteiger partial charge in [-0.05, 0) is 95.2 Å². The van der Waals surface area contributed by atoms with E-state index >= 15 is 0 Å². The lowest BCUT2D eigenvalue weighted by Gasteiger charge is -2.20. The van der Waals surface area contributed by atoms with Crippen molar-refractivity contribution in [3.05, 3.63) is 80.3 Å². The third kappa shape index (κ3) is 4.87. The van der Waals surface area contributed by atoms with Gasteiger partial charge >= 0.3 is 5.97 Å². The summed E-state index contributed by atoms with van der Waals surface area (Å²) in [4.78, 5) is 28.0. The van der Waals surface area contributed by atoms with Crippen molar-refractivity contribution in [3.8, 4) is 5.69 Å². The van der Waals surface area contributed by atoms with E-state index in [-0.39, 0.29) is 5.91 Å². The molecule has 0 bridgehead atoms. The molecule has 0 saturated carbocycles. The smallest absolute Gasteiger partial charge is 0.340 e. The molecule has 1 aliphatic carbocycles. The van der Waals surface area contributed by atoms with Gasteiger partial charge in [-0.1, -0.05) is 29.3 Å². The number of nitrogens with zero attached hydrogens (tertiary/aromatic N) is 2. The zero-order chi connectivity index (χ0) is 25.3. The molecule has 2 aromatic rings. The summed E-state index contributed by atoms with van der Waals surface area (Å²) in [5.74, 6) is -0.636. The predicted octanol–water partition coefficient (Wildman–Crippen LogP) is 6.62. The Hall–Kier alpha value is -3.05. The summed E-state index contributed by atoms with van der Waals surface area (Å²) < 4.78 is 7.18. The van der Waals surface area contributed by atoms with Crippen LogP contribution < -0.4 is 0 Å². The Morgan fingerprint density at radius 1 is 1.14 bits per heavy atom. The summed E-state index contributed by atoms with van der Waals surface area (Å²) in [7, 11) is 1.35. The number of halogens is 1. The number of aryl methyl sites for hydroxylation is 2.